The van der Waals surface area contributed by atoms with E-state index in [9.17, 15) is 0 Å². The molecule has 1 fully saturated rings. The van der Waals surface area contributed by atoms with E-state index in [-0.39, 0.29) is 12.4 Å². The summed E-state index contributed by atoms with van der Waals surface area (Å²) >= 11 is 7.45. The van der Waals surface area contributed by atoms with E-state index in [4.69, 9.17) is 17.3 Å². The van der Waals surface area contributed by atoms with E-state index in [1.165, 1.54) is 12.8 Å². The number of aromatic nitrogens is 1. The molecule has 98 valence electrons. The molecule has 0 aromatic carbocycles. The van der Waals surface area contributed by atoms with E-state index in [0.717, 1.165) is 29.0 Å². The van der Waals surface area contributed by atoms with Crippen LogP contribution in [0, 0.1) is 5.92 Å². The molecule has 0 amide bonds. The van der Waals surface area contributed by atoms with Crippen molar-refractivity contribution in [3.05, 3.63) is 15.5 Å². The fourth-order valence-corrected chi connectivity index (χ4v) is 3.22. The van der Waals surface area contributed by atoms with Crippen molar-refractivity contribution in [3.8, 4) is 0 Å². The van der Waals surface area contributed by atoms with Crippen molar-refractivity contribution in [2.75, 3.05) is 13.1 Å². The van der Waals surface area contributed by atoms with Gasteiger partial charge in [0.25, 0.3) is 0 Å². The molecule has 2 heterocycles. The number of piperidine rings is 1. The summed E-state index contributed by atoms with van der Waals surface area (Å²) in [7, 11) is 0. The minimum atomic E-state index is 0. The highest BCUT2D eigenvalue weighted by atomic mass is 35.5. The van der Waals surface area contributed by atoms with Gasteiger partial charge in [-0.1, -0.05) is 11.6 Å². The van der Waals surface area contributed by atoms with Crippen LogP contribution in [0.1, 0.15) is 24.8 Å². The summed E-state index contributed by atoms with van der Waals surface area (Å²) in [6.07, 6.45) is 4.23. The molecule has 17 heavy (non-hydrogen) atoms. The van der Waals surface area contributed by atoms with E-state index in [2.05, 4.69) is 16.8 Å². The van der Waals surface area contributed by atoms with Gasteiger partial charge in [0, 0.05) is 12.6 Å². The lowest BCUT2D eigenvalue weighted by molar-refractivity contribution is 0.154. The molecule has 0 bridgehead atoms. The Morgan fingerprint density at radius 1 is 1.71 bits per heavy atom. The van der Waals surface area contributed by atoms with E-state index in [1.54, 1.807) is 17.5 Å². The Morgan fingerprint density at radius 3 is 3.06 bits per heavy atom. The molecule has 1 saturated heterocycles. The highest BCUT2D eigenvalue weighted by Gasteiger charge is 2.23. The first-order chi connectivity index (χ1) is 7.65. The van der Waals surface area contributed by atoms with E-state index in [1.807, 2.05) is 0 Å². The Hall–Kier alpha value is 0.130. The molecule has 1 aromatic rings. The van der Waals surface area contributed by atoms with Crippen molar-refractivity contribution in [2.24, 2.45) is 11.7 Å². The average molecular weight is 296 g/mol. The van der Waals surface area contributed by atoms with Gasteiger partial charge in [-0.2, -0.15) is 0 Å². The summed E-state index contributed by atoms with van der Waals surface area (Å²) < 4.78 is 0.774. The molecule has 0 radical (unpaired) electrons. The van der Waals surface area contributed by atoms with Crippen molar-refractivity contribution >= 4 is 35.3 Å². The van der Waals surface area contributed by atoms with Crippen LogP contribution in [0.4, 0.5) is 0 Å². The summed E-state index contributed by atoms with van der Waals surface area (Å²) in [5.74, 6) is 0.629. The molecule has 2 unspecified atom stereocenters. The molecule has 0 spiro atoms. The molecular weight excluding hydrogens is 277 g/mol. The van der Waals surface area contributed by atoms with Crippen LogP contribution in [-0.4, -0.2) is 29.0 Å². The normalized spacial score (nSPS) is 23.1. The van der Waals surface area contributed by atoms with Gasteiger partial charge in [0.1, 0.15) is 9.34 Å². The summed E-state index contributed by atoms with van der Waals surface area (Å²) in [5, 5.41) is 1.11. The van der Waals surface area contributed by atoms with Gasteiger partial charge in [0.2, 0.25) is 0 Å². The minimum absolute atomic E-state index is 0. The van der Waals surface area contributed by atoms with Gasteiger partial charge in [-0.15, -0.1) is 23.7 Å². The van der Waals surface area contributed by atoms with Gasteiger partial charge in [-0.25, -0.2) is 4.98 Å². The molecule has 2 atom stereocenters. The fourth-order valence-electron chi connectivity index (χ4n) is 2.22. The maximum Gasteiger partial charge on any atom is 0.113 e. The zero-order valence-corrected chi connectivity index (χ0v) is 12.3. The summed E-state index contributed by atoms with van der Waals surface area (Å²) in [5.41, 5.74) is 5.97. The van der Waals surface area contributed by atoms with Crippen LogP contribution in [-0.2, 0) is 6.54 Å². The molecule has 2 N–H and O–H groups in total. The molecule has 1 aliphatic rings. The standard InChI is InChI=1S/C11H18ClN3S.ClH/c1-8(13)9-3-2-4-15(6-9)7-11-14-5-10(12)16-11;/h5,8-9H,2-4,6-7,13H2,1H3;1H. The molecule has 2 rings (SSSR count). The molecule has 1 aliphatic heterocycles. The molecule has 0 saturated carbocycles. The van der Waals surface area contributed by atoms with Gasteiger partial charge in [0.05, 0.1) is 12.7 Å². The number of nitrogens with two attached hydrogens (primary N) is 1. The third-order valence-corrected chi connectivity index (χ3v) is 4.27. The van der Waals surface area contributed by atoms with Crippen LogP contribution in [0.2, 0.25) is 4.34 Å². The third kappa shape index (κ3) is 4.38. The highest BCUT2D eigenvalue weighted by Crippen LogP contribution is 2.23. The second-order valence-electron chi connectivity index (χ2n) is 4.55. The Kier molecular flexibility index (Phi) is 6.17. The van der Waals surface area contributed by atoms with Crippen molar-refractivity contribution < 1.29 is 0 Å². The number of thiazole rings is 1. The first-order valence-corrected chi connectivity index (χ1v) is 6.92. The second-order valence-corrected chi connectivity index (χ2v) is 6.30. The van der Waals surface area contributed by atoms with Crippen LogP contribution in [0.3, 0.4) is 0 Å². The Bertz CT molecular complexity index is 343. The predicted molar refractivity (Wildman–Crippen MR) is 76.0 cm³/mol. The molecule has 0 aliphatic carbocycles. The highest BCUT2D eigenvalue weighted by molar-refractivity contribution is 7.15. The fraction of sp³-hybridized carbons (Fsp3) is 0.727. The van der Waals surface area contributed by atoms with Crippen LogP contribution >= 0.6 is 35.3 Å². The van der Waals surface area contributed by atoms with Crippen molar-refractivity contribution in [1.82, 2.24) is 9.88 Å². The lowest BCUT2D eigenvalue weighted by Gasteiger charge is -2.34. The molecular formula is C11H19Cl2N3S. The second kappa shape index (κ2) is 6.90. The third-order valence-electron chi connectivity index (χ3n) is 3.17. The van der Waals surface area contributed by atoms with Crippen LogP contribution in [0.5, 0.6) is 0 Å². The number of halogens is 2. The Labute approximate surface area is 118 Å². The lowest BCUT2D eigenvalue weighted by Crippen LogP contribution is -2.41. The van der Waals surface area contributed by atoms with Crippen molar-refractivity contribution in [1.29, 1.82) is 0 Å². The van der Waals surface area contributed by atoms with E-state index < -0.39 is 0 Å². The number of hydrogen-bond acceptors (Lipinski definition) is 4. The van der Waals surface area contributed by atoms with Crippen LogP contribution in [0.15, 0.2) is 6.20 Å². The Balaban J connectivity index is 0.00000144. The largest absolute Gasteiger partial charge is 0.328 e. The van der Waals surface area contributed by atoms with Crippen LogP contribution < -0.4 is 5.73 Å². The SMILES string of the molecule is CC(N)C1CCCN(Cc2ncc(Cl)s2)C1.Cl. The number of likely N-dealkylation sites (tertiary alicyclic amines) is 1. The summed E-state index contributed by atoms with van der Waals surface area (Å²) in [6.45, 7) is 5.27. The maximum atomic E-state index is 5.97. The molecule has 3 nitrogen and oxygen atoms in total. The van der Waals surface area contributed by atoms with Gasteiger partial charge in [-0.3, -0.25) is 4.90 Å². The van der Waals surface area contributed by atoms with E-state index >= 15 is 0 Å². The van der Waals surface area contributed by atoms with Gasteiger partial charge in [0.15, 0.2) is 0 Å². The minimum Gasteiger partial charge on any atom is -0.328 e. The first kappa shape index (κ1) is 15.2. The van der Waals surface area contributed by atoms with Crippen molar-refractivity contribution in [3.63, 3.8) is 0 Å². The van der Waals surface area contributed by atoms with Gasteiger partial charge in [-0.05, 0) is 32.2 Å². The van der Waals surface area contributed by atoms with Gasteiger partial charge >= 0.3 is 0 Å². The van der Waals surface area contributed by atoms with Crippen molar-refractivity contribution in [2.45, 2.75) is 32.4 Å². The zero-order valence-electron chi connectivity index (χ0n) is 9.93. The van der Waals surface area contributed by atoms with Gasteiger partial charge < -0.3 is 5.73 Å². The van der Waals surface area contributed by atoms with Crippen LogP contribution in [0.25, 0.3) is 0 Å². The zero-order chi connectivity index (χ0) is 11.5. The number of nitrogens with zero attached hydrogens (tertiary/aromatic N) is 2. The average Bonchev–Trinajstić information content (AvgIpc) is 2.64. The smallest absolute Gasteiger partial charge is 0.113 e. The monoisotopic (exact) mass is 295 g/mol. The quantitative estimate of drug-likeness (QED) is 0.932. The Morgan fingerprint density at radius 2 is 2.47 bits per heavy atom. The molecule has 6 heteroatoms. The number of hydrogen-bond donors (Lipinski definition) is 1. The molecule has 1 aromatic heterocycles. The lowest BCUT2D eigenvalue weighted by atomic mass is 9.92. The summed E-state index contributed by atoms with van der Waals surface area (Å²) in [4.78, 5) is 6.73. The predicted octanol–water partition coefficient (Wildman–Crippen LogP) is 2.78. The van der Waals surface area contributed by atoms with E-state index in [0.29, 0.717) is 12.0 Å². The maximum absolute atomic E-state index is 5.97. The topological polar surface area (TPSA) is 42.1 Å². The first-order valence-electron chi connectivity index (χ1n) is 5.73. The number of rotatable bonds is 3. The summed E-state index contributed by atoms with van der Waals surface area (Å²) in [6, 6.07) is 0.294.